The van der Waals surface area contributed by atoms with E-state index >= 15 is 0 Å². The van der Waals surface area contributed by atoms with Gasteiger partial charge in [0, 0.05) is 5.69 Å². The van der Waals surface area contributed by atoms with E-state index in [0.717, 1.165) is 27.8 Å². The van der Waals surface area contributed by atoms with Crippen LogP contribution in [0.3, 0.4) is 0 Å². The molecule has 154 valence electrons. The zero-order valence-corrected chi connectivity index (χ0v) is 17.4. The second-order valence-electron chi connectivity index (χ2n) is 7.92. The fourth-order valence-electron chi connectivity index (χ4n) is 4.21. The van der Waals surface area contributed by atoms with Crippen molar-refractivity contribution in [1.29, 1.82) is 0 Å². The molecular weight excluding hydrogens is 398 g/mol. The van der Waals surface area contributed by atoms with Crippen molar-refractivity contribution < 1.29 is 0 Å². The molecule has 0 unspecified atom stereocenters. The van der Waals surface area contributed by atoms with Crippen LogP contribution in [0, 0.1) is 6.92 Å². The molecule has 3 heterocycles. The van der Waals surface area contributed by atoms with Gasteiger partial charge in [-0.1, -0.05) is 60.2 Å². The molecule has 0 N–H and O–H groups in total. The van der Waals surface area contributed by atoms with Gasteiger partial charge in [-0.05, 0) is 36.8 Å². The lowest BCUT2D eigenvalue weighted by atomic mass is 10.1. The smallest absolute Gasteiger partial charge is 0.265 e. The Balaban J connectivity index is 1.69. The van der Waals surface area contributed by atoms with E-state index < -0.39 is 0 Å². The molecule has 3 aromatic heterocycles. The molecule has 0 spiro atoms. The Labute approximate surface area is 183 Å². The third kappa shape index (κ3) is 2.88. The minimum atomic E-state index is -0.124. The Morgan fingerprint density at radius 3 is 2.34 bits per heavy atom. The maximum atomic E-state index is 13.7. The molecule has 6 nitrogen and oxygen atoms in total. The van der Waals surface area contributed by atoms with E-state index in [2.05, 4.69) is 6.07 Å². The second-order valence-corrected chi connectivity index (χ2v) is 7.92. The molecule has 0 amide bonds. The topological polar surface area (TPSA) is 65.6 Å². The Morgan fingerprint density at radius 1 is 0.812 bits per heavy atom. The van der Waals surface area contributed by atoms with E-state index in [1.54, 1.807) is 10.9 Å². The summed E-state index contributed by atoms with van der Waals surface area (Å²) in [4.78, 5) is 28.1. The lowest BCUT2D eigenvalue weighted by Crippen LogP contribution is -2.21. The standard InChI is InChI=1S/C26H19N5O/c1-17-8-7-9-18(14-17)15-30-16-27-24-22(26(30)32)23-25(31(24)19-10-3-2-4-11-19)29-21-13-6-5-12-20(21)28-23/h2-14,16H,15H2,1H3. The first-order valence-electron chi connectivity index (χ1n) is 10.5. The van der Waals surface area contributed by atoms with Gasteiger partial charge in [-0.25, -0.2) is 15.0 Å². The minimum Gasteiger partial charge on any atom is -0.294 e. The van der Waals surface area contributed by atoms with Crippen molar-refractivity contribution in [1.82, 2.24) is 24.1 Å². The fraction of sp³-hybridized carbons (Fsp3) is 0.0769. The normalized spacial score (nSPS) is 11.5. The minimum absolute atomic E-state index is 0.124. The molecule has 0 aliphatic carbocycles. The SMILES string of the molecule is Cc1cccc(Cn2cnc3c(c2=O)c2nc4ccccc4nc2n3-c2ccccc2)c1. The molecule has 0 saturated heterocycles. The summed E-state index contributed by atoms with van der Waals surface area (Å²) in [5.74, 6) is 0. The zero-order chi connectivity index (χ0) is 21.7. The summed E-state index contributed by atoms with van der Waals surface area (Å²) in [5, 5.41) is 0.484. The number of hydrogen-bond donors (Lipinski definition) is 0. The van der Waals surface area contributed by atoms with E-state index in [9.17, 15) is 4.79 Å². The molecule has 0 fully saturated rings. The average Bonchev–Trinajstić information content (AvgIpc) is 3.14. The van der Waals surface area contributed by atoms with Crippen LogP contribution >= 0.6 is 0 Å². The monoisotopic (exact) mass is 417 g/mol. The van der Waals surface area contributed by atoms with Gasteiger partial charge in [0.15, 0.2) is 11.3 Å². The molecule has 6 aromatic rings. The average molecular weight is 417 g/mol. The maximum absolute atomic E-state index is 13.7. The fourth-order valence-corrected chi connectivity index (χ4v) is 4.21. The predicted molar refractivity (Wildman–Crippen MR) is 126 cm³/mol. The van der Waals surface area contributed by atoms with Gasteiger partial charge < -0.3 is 0 Å². The number of aryl methyl sites for hydroxylation is 1. The number of hydrogen-bond acceptors (Lipinski definition) is 4. The first-order chi connectivity index (χ1) is 15.7. The summed E-state index contributed by atoms with van der Waals surface area (Å²) in [6, 6.07) is 25.7. The van der Waals surface area contributed by atoms with Crippen LogP contribution in [0.15, 0.2) is 90.0 Å². The van der Waals surface area contributed by atoms with Crippen LogP contribution in [0.1, 0.15) is 11.1 Å². The summed E-state index contributed by atoms with van der Waals surface area (Å²) in [5.41, 5.74) is 6.26. The number of para-hydroxylation sites is 3. The van der Waals surface area contributed by atoms with Crippen molar-refractivity contribution in [2.45, 2.75) is 13.5 Å². The molecule has 0 bridgehead atoms. The van der Waals surface area contributed by atoms with Crippen molar-refractivity contribution in [3.05, 3.63) is 107 Å². The summed E-state index contributed by atoms with van der Waals surface area (Å²) < 4.78 is 3.56. The maximum Gasteiger partial charge on any atom is 0.265 e. The molecule has 0 radical (unpaired) electrons. The highest BCUT2D eigenvalue weighted by molar-refractivity contribution is 6.05. The Morgan fingerprint density at radius 2 is 1.56 bits per heavy atom. The van der Waals surface area contributed by atoms with Crippen molar-refractivity contribution in [2.75, 3.05) is 0 Å². The lowest BCUT2D eigenvalue weighted by Gasteiger charge is -2.08. The number of nitrogens with zero attached hydrogens (tertiary/aromatic N) is 5. The molecular formula is C26H19N5O. The second kappa shape index (κ2) is 7.13. The summed E-state index contributed by atoms with van der Waals surface area (Å²) in [7, 11) is 0. The highest BCUT2D eigenvalue weighted by atomic mass is 16.1. The van der Waals surface area contributed by atoms with E-state index in [1.165, 1.54) is 0 Å². The molecule has 0 saturated carbocycles. The molecule has 0 aliphatic rings. The highest BCUT2D eigenvalue weighted by Gasteiger charge is 2.20. The Hall–Kier alpha value is -4.32. The molecule has 6 rings (SSSR count). The van der Waals surface area contributed by atoms with E-state index in [1.807, 2.05) is 84.3 Å². The summed E-state index contributed by atoms with van der Waals surface area (Å²) in [6.07, 6.45) is 1.62. The Kier molecular flexibility index (Phi) is 4.11. The van der Waals surface area contributed by atoms with Gasteiger partial charge in [-0.3, -0.25) is 13.9 Å². The van der Waals surface area contributed by atoms with Crippen LogP contribution in [0.4, 0.5) is 0 Å². The van der Waals surface area contributed by atoms with Crippen molar-refractivity contribution in [2.24, 2.45) is 0 Å². The number of aromatic nitrogens is 5. The zero-order valence-electron chi connectivity index (χ0n) is 17.4. The molecule has 0 atom stereocenters. The van der Waals surface area contributed by atoms with Gasteiger partial charge in [0.05, 0.1) is 17.6 Å². The molecule has 32 heavy (non-hydrogen) atoms. The van der Waals surface area contributed by atoms with Gasteiger partial charge in [-0.15, -0.1) is 0 Å². The number of fused-ring (bicyclic) bond motifs is 4. The molecule has 0 aliphatic heterocycles. The predicted octanol–water partition coefficient (Wildman–Crippen LogP) is 4.64. The van der Waals surface area contributed by atoms with Gasteiger partial charge in [0.25, 0.3) is 5.56 Å². The highest BCUT2D eigenvalue weighted by Crippen LogP contribution is 2.28. The number of benzene rings is 3. The quantitative estimate of drug-likeness (QED) is 0.421. The number of rotatable bonds is 3. The van der Waals surface area contributed by atoms with Crippen LogP contribution < -0.4 is 5.56 Å². The van der Waals surface area contributed by atoms with E-state index in [4.69, 9.17) is 15.0 Å². The third-order valence-electron chi connectivity index (χ3n) is 5.68. The summed E-state index contributed by atoms with van der Waals surface area (Å²) in [6.45, 7) is 2.49. The molecule has 3 aromatic carbocycles. The van der Waals surface area contributed by atoms with Gasteiger partial charge in [0.2, 0.25) is 0 Å². The first kappa shape index (κ1) is 18.4. The van der Waals surface area contributed by atoms with E-state index in [-0.39, 0.29) is 5.56 Å². The van der Waals surface area contributed by atoms with Crippen LogP contribution in [0.2, 0.25) is 0 Å². The van der Waals surface area contributed by atoms with Gasteiger partial charge in [0.1, 0.15) is 17.2 Å². The van der Waals surface area contributed by atoms with Crippen LogP contribution in [0.25, 0.3) is 38.9 Å². The first-order valence-corrected chi connectivity index (χ1v) is 10.5. The van der Waals surface area contributed by atoms with Gasteiger partial charge >= 0.3 is 0 Å². The van der Waals surface area contributed by atoms with Crippen molar-refractivity contribution in [3.63, 3.8) is 0 Å². The van der Waals surface area contributed by atoms with Crippen molar-refractivity contribution in [3.8, 4) is 5.69 Å². The van der Waals surface area contributed by atoms with Crippen LogP contribution in [-0.4, -0.2) is 24.1 Å². The van der Waals surface area contributed by atoms with E-state index in [0.29, 0.717) is 28.7 Å². The Bertz CT molecular complexity index is 1680. The third-order valence-corrected chi connectivity index (χ3v) is 5.68. The van der Waals surface area contributed by atoms with Crippen molar-refractivity contribution >= 4 is 33.2 Å². The molecule has 6 heteroatoms. The summed E-state index contributed by atoms with van der Waals surface area (Å²) >= 11 is 0. The van der Waals surface area contributed by atoms with Crippen LogP contribution in [-0.2, 0) is 6.54 Å². The lowest BCUT2D eigenvalue weighted by molar-refractivity contribution is 0.746. The largest absolute Gasteiger partial charge is 0.294 e. The van der Waals surface area contributed by atoms with Gasteiger partial charge in [-0.2, -0.15) is 0 Å². The van der Waals surface area contributed by atoms with Crippen LogP contribution in [0.5, 0.6) is 0 Å².